The van der Waals surface area contributed by atoms with Crippen LogP contribution >= 0.6 is 0 Å². The Bertz CT molecular complexity index is 1510. The third-order valence-electron chi connectivity index (χ3n) is 8.58. The maximum absolute atomic E-state index is 13.5. The molecule has 0 radical (unpaired) electrons. The van der Waals surface area contributed by atoms with Crippen LogP contribution in [0.3, 0.4) is 0 Å². The zero-order chi connectivity index (χ0) is 28.2. The number of fused-ring (bicyclic) bond motifs is 5. The number of nitrogens with zero attached hydrogens (tertiary/aromatic N) is 4. The monoisotopic (exact) mass is 534 g/mol. The molecule has 4 heterocycles. The highest BCUT2D eigenvalue weighted by Gasteiger charge is 2.45. The number of carbonyl (C=O) groups is 1. The number of aliphatic hydroxyl groups is 1. The summed E-state index contributed by atoms with van der Waals surface area (Å²) in [6.07, 6.45) is 0.0116. The van der Waals surface area contributed by atoms with Crippen molar-refractivity contribution in [3.63, 3.8) is 0 Å². The molecule has 9 nitrogen and oxygen atoms in total. The van der Waals surface area contributed by atoms with Crippen molar-refractivity contribution in [3.05, 3.63) is 56.4 Å². The molecule has 1 atom stereocenters. The van der Waals surface area contributed by atoms with Crippen LogP contribution in [0.15, 0.2) is 23.0 Å². The Morgan fingerprint density at radius 2 is 1.69 bits per heavy atom. The topological polar surface area (TPSA) is 108 Å². The molecule has 0 amide bonds. The van der Waals surface area contributed by atoms with Crippen molar-refractivity contribution in [2.45, 2.75) is 72.9 Å². The number of aryl methyl sites for hydroxylation is 1. The number of phenolic OH excluding ortho intramolecular Hbond substituents is 1. The summed E-state index contributed by atoms with van der Waals surface area (Å²) < 4.78 is 6.79. The highest BCUT2D eigenvalue weighted by Crippen LogP contribution is 2.42. The Balaban J connectivity index is 1.71. The number of cyclic esters (lactones) is 1. The summed E-state index contributed by atoms with van der Waals surface area (Å²) >= 11 is 0. The minimum absolute atomic E-state index is 0.0813. The lowest BCUT2D eigenvalue weighted by Gasteiger charge is -2.38. The SMILES string of the molecule is CCN(CC)C(c1cc(C)c2nc3c(cc2c1O)Cn1c-3cc2c(c1=O)COC(=O)[C@]2(O)CC)N(CC)CC. The Labute approximate surface area is 228 Å². The van der Waals surface area contributed by atoms with Crippen LogP contribution in [0.2, 0.25) is 0 Å². The summed E-state index contributed by atoms with van der Waals surface area (Å²) in [7, 11) is 0. The van der Waals surface area contributed by atoms with Gasteiger partial charge in [-0.15, -0.1) is 0 Å². The summed E-state index contributed by atoms with van der Waals surface area (Å²) in [5, 5.41) is 23.5. The summed E-state index contributed by atoms with van der Waals surface area (Å²) in [5.74, 6) is -0.535. The number of carbonyl (C=O) groups excluding carboxylic acids is 1. The molecule has 2 aromatic heterocycles. The molecule has 5 rings (SSSR count). The van der Waals surface area contributed by atoms with Gasteiger partial charge in [0.15, 0.2) is 5.60 Å². The minimum atomic E-state index is -1.87. The normalized spacial score (nSPS) is 18.2. The Hall–Kier alpha value is -3.27. The van der Waals surface area contributed by atoms with Crippen molar-refractivity contribution in [2.24, 2.45) is 0 Å². The summed E-state index contributed by atoms with van der Waals surface area (Å²) in [4.78, 5) is 35.6. The molecule has 9 heteroatoms. The van der Waals surface area contributed by atoms with Crippen LogP contribution in [0.4, 0.5) is 0 Å². The average Bonchev–Trinajstić information content (AvgIpc) is 3.30. The number of esters is 1. The molecule has 0 saturated carbocycles. The summed E-state index contributed by atoms with van der Waals surface area (Å²) in [6.45, 7) is 15.7. The van der Waals surface area contributed by atoms with Crippen molar-refractivity contribution < 1.29 is 19.7 Å². The van der Waals surface area contributed by atoms with Crippen LogP contribution in [0.5, 0.6) is 5.75 Å². The quantitative estimate of drug-likeness (QED) is 0.260. The first-order chi connectivity index (χ1) is 18.6. The molecule has 2 aliphatic rings. The van der Waals surface area contributed by atoms with Crippen LogP contribution < -0.4 is 5.56 Å². The molecule has 39 heavy (non-hydrogen) atoms. The van der Waals surface area contributed by atoms with E-state index < -0.39 is 11.6 Å². The molecule has 0 unspecified atom stereocenters. The van der Waals surface area contributed by atoms with Crippen molar-refractivity contribution in [1.82, 2.24) is 19.4 Å². The van der Waals surface area contributed by atoms with E-state index >= 15 is 0 Å². The Kier molecular flexibility index (Phi) is 7.03. The fourth-order valence-corrected chi connectivity index (χ4v) is 6.29. The molecule has 3 aromatic rings. The third-order valence-corrected chi connectivity index (χ3v) is 8.58. The van der Waals surface area contributed by atoms with Gasteiger partial charge in [0.2, 0.25) is 0 Å². The maximum atomic E-state index is 13.5. The van der Waals surface area contributed by atoms with Gasteiger partial charge in [-0.1, -0.05) is 34.6 Å². The number of hydrogen-bond donors (Lipinski definition) is 2. The molecular weight excluding hydrogens is 496 g/mol. The van der Waals surface area contributed by atoms with E-state index in [2.05, 4.69) is 37.5 Å². The van der Waals surface area contributed by atoms with E-state index in [0.29, 0.717) is 33.4 Å². The fourth-order valence-electron chi connectivity index (χ4n) is 6.29. The highest BCUT2D eigenvalue weighted by molar-refractivity contribution is 5.92. The zero-order valence-corrected chi connectivity index (χ0v) is 23.7. The predicted octanol–water partition coefficient (Wildman–Crippen LogP) is 3.78. The van der Waals surface area contributed by atoms with Gasteiger partial charge >= 0.3 is 5.97 Å². The summed E-state index contributed by atoms with van der Waals surface area (Å²) in [6, 6.07) is 5.68. The molecule has 0 saturated heterocycles. The van der Waals surface area contributed by atoms with E-state index in [9.17, 15) is 19.8 Å². The molecule has 2 N–H and O–H groups in total. The lowest BCUT2D eigenvalue weighted by molar-refractivity contribution is -0.172. The Morgan fingerprint density at radius 1 is 1.05 bits per heavy atom. The van der Waals surface area contributed by atoms with Crippen molar-refractivity contribution in [1.29, 1.82) is 0 Å². The second-order valence-electron chi connectivity index (χ2n) is 10.4. The fraction of sp³-hybridized carbons (Fsp3) is 0.500. The number of phenols is 1. The molecule has 0 aliphatic carbocycles. The van der Waals surface area contributed by atoms with Crippen LogP contribution in [0.25, 0.3) is 22.3 Å². The number of benzene rings is 1. The molecule has 0 spiro atoms. The number of pyridine rings is 2. The third kappa shape index (κ3) is 3.98. The first-order valence-corrected chi connectivity index (χ1v) is 14.0. The first kappa shape index (κ1) is 27.3. The van der Waals surface area contributed by atoms with Gasteiger partial charge in [0, 0.05) is 22.1 Å². The van der Waals surface area contributed by atoms with E-state index in [1.807, 2.05) is 19.1 Å². The van der Waals surface area contributed by atoms with Crippen molar-refractivity contribution >= 4 is 16.9 Å². The van der Waals surface area contributed by atoms with E-state index in [1.54, 1.807) is 17.6 Å². The van der Waals surface area contributed by atoms with E-state index in [-0.39, 0.29) is 37.0 Å². The first-order valence-electron chi connectivity index (χ1n) is 14.0. The number of ether oxygens (including phenoxy) is 1. The zero-order valence-electron chi connectivity index (χ0n) is 23.7. The number of aromatic nitrogens is 2. The largest absolute Gasteiger partial charge is 0.507 e. The molecule has 208 valence electrons. The van der Waals surface area contributed by atoms with Crippen LogP contribution in [0, 0.1) is 6.92 Å². The van der Waals surface area contributed by atoms with Gasteiger partial charge in [0.25, 0.3) is 5.56 Å². The molecule has 2 aliphatic heterocycles. The molecule has 0 fully saturated rings. The summed E-state index contributed by atoms with van der Waals surface area (Å²) in [5.41, 5.74) is 2.86. The smallest absolute Gasteiger partial charge is 0.343 e. The standard InChI is InChI=1S/C30H38N4O5/c1-7-30(38)22-14-23-25-18(15-34(23)28(36)21(22)16-39-29(30)37)13-19-24(31-25)17(6)12-20(26(19)35)27(32(8-2)9-3)33(10-4)11-5/h12-14,27,35,38H,7-11,15-16H2,1-6H3/t30-/m0/s1. The second-order valence-corrected chi connectivity index (χ2v) is 10.4. The lowest BCUT2D eigenvalue weighted by atomic mass is 9.86. The number of rotatable bonds is 8. The van der Waals surface area contributed by atoms with Crippen molar-refractivity contribution in [2.75, 3.05) is 26.2 Å². The Morgan fingerprint density at radius 3 is 2.28 bits per heavy atom. The average molecular weight is 535 g/mol. The molecule has 0 bridgehead atoms. The van der Waals surface area contributed by atoms with Gasteiger partial charge in [-0.3, -0.25) is 14.6 Å². The number of aromatic hydroxyl groups is 1. The van der Waals surface area contributed by atoms with Gasteiger partial charge in [0.05, 0.1) is 35.2 Å². The lowest BCUT2D eigenvalue weighted by Crippen LogP contribution is -2.44. The van der Waals surface area contributed by atoms with Gasteiger partial charge in [-0.25, -0.2) is 9.78 Å². The van der Waals surface area contributed by atoms with E-state index in [4.69, 9.17) is 9.72 Å². The van der Waals surface area contributed by atoms with Gasteiger partial charge < -0.3 is 19.5 Å². The molecular formula is C30H38N4O5. The maximum Gasteiger partial charge on any atom is 0.343 e. The van der Waals surface area contributed by atoms with Crippen molar-refractivity contribution in [3.8, 4) is 17.1 Å². The van der Waals surface area contributed by atoms with E-state index in [0.717, 1.165) is 42.9 Å². The van der Waals surface area contributed by atoms with Crippen LogP contribution in [-0.2, 0) is 28.3 Å². The predicted molar refractivity (Wildman–Crippen MR) is 150 cm³/mol. The minimum Gasteiger partial charge on any atom is -0.507 e. The van der Waals surface area contributed by atoms with Gasteiger partial charge in [-0.2, -0.15) is 0 Å². The van der Waals surface area contributed by atoms with Crippen LogP contribution in [0.1, 0.15) is 75.0 Å². The van der Waals surface area contributed by atoms with Crippen LogP contribution in [-0.4, -0.2) is 61.7 Å². The van der Waals surface area contributed by atoms with Gasteiger partial charge in [0.1, 0.15) is 12.4 Å². The van der Waals surface area contributed by atoms with Gasteiger partial charge in [-0.05, 0) is 63.3 Å². The molecule has 1 aromatic carbocycles. The number of hydrogen-bond acceptors (Lipinski definition) is 8. The second kappa shape index (κ2) is 10.0. The highest BCUT2D eigenvalue weighted by atomic mass is 16.6. The van der Waals surface area contributed by atoms with E-state index in [1.165, 1.54) is 0 Å².